The summed E-state index contributed by atoms with van der Waals surface area (Å²) in [5, 5.41) is 4.43. The van der Waals surface area contributed by atoms with Gasteiger partial charge in [0.15, 0.2) is 5.16 Å². The first-order valence-corrected chi connectivity index (χ1v) is 11.0. The topological polar surface area (TPSA) is 64.0 Å². The first-order valence-electron chi connectivity index (χ1n) is 8.78. The minimum absolute atomic E-state index is 0.113. The van der Waals surface area contributed by atoms with Crippen LogP contribution in [0.15, 0.2) is 70.6 Å². The summed E-state index contributed by atoms with van der Waals surface area (Å²) < 4.78 is 1.56. The fourth-order valence-electron chi connectivity index (χ4n) is 2.88. The van der Waals surface area contributed by atoms with Crippen LogP contribution >= 0.6 is 34.7 Å². The summed E-state index contributed by atoms with van der Waals surface area (Å²) in [6.45, 7) is 1.95. The van der Waals surface area contributed by atoms with Crippen molar-refractivity contribution in [1.82, 2.24) is 9.55 Å². The molecule has 0 fully saturated rings. The summed E-state index contributed by atoms with van der Waals surface area (Å²) in [4.78, 5) is 31.9. The maximum Gasteiger partial charge on any atom is 0.267 e. The van der Waals surface area contributed by atoms with Crippen molar-refractivity contribution >= 4 is 56.5 Å². The Labute approximate surface area is 180 Å². The van der Waals surface area contributed by atoms with Gasteiger partial charge in [0.05, 0.1) is 16.8 Å². The van der Waals surface area contributed by atoms with E-state index in [0.29, 0.717) is 31.8 Å². The molecule has 4 aromatic rings. The van der Waals surface area contributed by atoms with Crippen molar-refractivity contribution in [1.29, 1.82) is 0 Å². The second kappa shape index (κ2) is 8.41. The number of benzene rings is 2. The molecule has 5 nitrogen and oxygen atoms in total. The number of thioether (sulfide) groups is 1. The average molecular weight is 442 g/mol. The van der Waals surface area contributed by atoms with E-state index in [-0.39, 0.29) is 17.2 Å². The number of nitrogens with one attached hydrogen (secondary N) is 1. The summed E-state index contributed by atoms with van der Waals surface area (Å²) in [6.07, 6.45) is 0. The van der Waals surface area contributed by atoms with Crippen molar-refractivity contribution in [3.63, 3.8) is 0 Å². The van der Waals surface area contributed by atoms with Gasteiger partial charge in [0.25, 0.3) is 5.56 Å². The Morgan fingerprint density at radius 2 is 1.97 bits per heavy atom. The van der Waals surface area contributed by atoms with E-state index >= 15 is 0 Å². The zero-order valence-corrected chi connectivity index (χ0v) is 17.8. The third-order valence-corrected chi connectivity index (χ3v) is 6.23. The molecular formula is C21H16ClN3O2S2. The molecule has 2 aromatic carbocycles. The zero-order chi connectivity index (χ0) is 20.4. The number of amides is 1. The van der Waals surface area contributed by atoms with Crippen LogP contribution in [0, 0.1) is 6.92 Å². The average Bonchev–Trinajstić information content (AvgIpc) is 3.08. The van der Waals surface area contributed by atoms with Crippen LogP contribution in [-0.4, -0.2) is 21.2 Å². The van der Waals surface area contributed by atoms with Crippen LogP contribution in [0.1, 0.15) is 4.88 Å². The number of thiophene rings is 1. The first kappa shape index (κ1) is 19.7. The van der Waals surface area contributed by atoms with Gasteiger partial charge in [-0.15, -0.1) is 11.3 Å². The van der Waals surface area contributed by atoms with Gasteiger partial charge in [-0.3, -0.25) is 14.2 Å². The second-order valence-electron chi connectivity index (χ2n) is 6.29. The molecule has 0 aliphatic rings. The number of halogens is 1. The van der Waals surface area contributed by atoms with Gasteiger partial charge in [-0.25, -0.2) is 4.98 Å². The number of aromatic nitrogens is 2. The Kier molecular flexibility index (Phi) is 5.71. The SMILES string of the molecule is Cc1cc2c(=O)n(-c3ccccc3)c(SCC(=O)Nc3cccc(Cl)c3)nc2s1. The molecule has 1 amide bonds. The molecule has 0 aliphatic heterocycles. The number of hydrogen-bond acceptors (Lipinski definition) is 5. The lowest BCUT2D eigenvalue weighted by Crippen LogP contribution is -2.22. The Morgan fingerprint density at radius 1 is 1.17 bits per heavy atom. The van der Waals surface area contributed by atoms with E-state index in [0.717, 1.165) is 4.88 Å². The van der Waals surface area contributed by atoms with E-state index < -0.39 is 0 Å². The van der Waals surface area contributed by atoms with Gasteiger partial charge in [-0.1, -0.05) is 47.6 Å². The second-order valence-corrected chi connectivity index (χ2v) is 8.91. The highest BCUT2D eigenvalue weighted by molar-refractivity contribution is 7.99. The van der Waals surface area contributed by atoms with E-state index in [1.807, 2.05) is 43.3 Å². The Morgan fingerprint density at radius 3 is 2.72 bits per heavy atom. The fourth-order valence-corrected chi connectivity index (χ4v) is 4.80. The van der Waals surface area contributed by atoms with Gasteiger partial charge in [0.1, 0.15) is 4.83 Å². The number of para-hydroxylation sites is 1. The first-order chi connectivity index (χ1) is 14.0. The highest BCUT2D eigenvalue weighted by atomic mass is 35.5. The summed E-state index contributed by atoms with van der Waals surface area (Å²) in [7, 11) is 0. The van der Waals surface area contributed by atoms with E-state index in [9.17, 15) is 9.59 Å². The third kappa shape index (κ3) is 4.37. The lowest BCUT2D eigenvalue weighted by molar-refractivity contribution is -0.113. The molecule has 4 rings (SSSR count). The summed E-state index contributed by atoms with van der Waals surface area (Å²) in [6, 6.07) is 18.1. The van der Waals surface area contributed by atoms with E-state index in [2.05, 4.69) is 10.3 Å². The highest BCUT2D eigenvalue weighted by Crippen LogP contribution is 2.26. The molecule has 0 unspecified atom stereocenters. The van der Waals surface area contributed by atoms with Gasteiger partial charge in [-0.05, 0) is 43.3 Å². The maximum absolute atomic E-state index is 13.1. The van der Waals surface area contributed by atoms with Crippen molar-refractivity contribution in [2.45, 2.75) is 12.1 Å². The highest BCUT2D eigenvalue weighted by Gasteiger charge is 2.16. The van der Waals surface area contributed by atoms with Crippen LogP contribution in [0.4, 0.5) is 5.69 Å². The Balaban J connectivity index is 1.65. The fraction of sp³-hybridized carbons (Fsp3) is 0.0952. The molecule has 0 saturated heterocycles. The monoisotopic (exact) mass is 441 g/mol. The van der Waals surface area contributed by atoms with Gasteiger partial charge in [0.2, 0.25) is 5.91 Å². The van der Waals surface area contributed by atoms with Crippen molar-refractivity contribution in [3.05, 3.63) is 80.9 Å². The number of rotatable bonds is 5. The van der Waals surface area contributed by atoms with Crippen molar-refractivity contribution in [2.75, 3.05) is 11.1 Å². The lowest BCUT2D eigenvalue weighted by Gasteiger charge is -2.12. The van der Waals surface area contributed by atoms with E-state index in [1.165, 1.54) is 23.1 Å². The van der Waals surface area contributed by atoms with Gasteiger partial charge >= 0.3 is 0 Å². The smallest absolute Gasteiger partial charge is 0.267 e. The molecule has 146 valence electrons. The van der Waals surface area contributed by atoms with E-state index in [4.69, 9.17) is 11.6 Å². The number of hydrogen-bond donors (Lipinski definition) is 1. The third-order valence-electron chi connectivity index (χ3n) is 4.11. The summed E-state index contributed by atoms with van der Waals surface area (Å²) in [5.41, 5.74) is 1.21. The van der Waals surface area contributed by atoms with E-state index in [1.54, 1.807) is 28.8 Å². The number of aryl methyl sites for hydroxylation is 1. The molecule has 2 heterocycles. The zero-order valence-electron chi connectivity index (χ0n) is 15.4. The van der Waals surface area contributed by atoms with Crippen LogP contribution in [0.5, 0.6) is 0 Å². The van der Waals surface area contributed by atoms with Crippen LogP contribution in [0.25, 0.3) is 15.9 Å². The van der Waals surface area contributed by atoms with Crippen LogP contribution < -0.4 is 10.9 Å². The van der Waals surface area contributed by atoms with Gasteiger partial charge in [-0.2, -0.15) is 0 Å². The number of anilines is 1. The van der Waals surface area contributed by atoms with Gasteiger partial charge < -0.3 is 5.32 Å². The minimum atomic E-state index is -0.200. The molecular weight excluding hydrogens is 426 g/mol. The Bertz CT molecular complexity index is 1250. The van der Waals surface area contributed by atoms with Crippen LogP contribution in [0.2, 0.25) is 5.02 Å². The summed E-state index contributed by atoms with van der Waals surface area (Å²) >= 11 is 8.66. The number of nitrogens with zero attached hydrogens (tertiary/aromatic N) is 2. The number of carbonyl (C=O) groups excluding carboxylic acids is 1. The molecule has 0 spiro atoms. The quantitative estimate of drug-likeness (QED) is 0.344. The summed E-state index contributed by atoms with van der Waals surface area (Å²) in [5.74, 6) is -0.0876. The normalized spacial score (nSPS) is 11.0. The van der Waals surface area contributed by atoms with Crippen LogP contribution in [0.3, 0.4) is 0 Å². The lowest BCUT2D eigenvalue weighted by atomic mass is 10.3. The molecule has 2 aromatic heterocycles. The van der Waals surface area contributed by atoms with Gasteiger partial charge in [0, 0.05) is 15.6 Å². The van der Waals surface area contributed by atoms with Crippen molar-refractivity contribution in [3.8, 4) is 5.69 Å². The Hall–Kier alpha value is -2.61. The van der Waals surface area contributed by atoms with Crippen molar-refractivity contribution < 1.29 is 4.79 Å². The largest absolute Gasteiger partial charge is 0.325 e. The maximum atomic E-state index is 13.1. The molecule has 1 N–H and O–H groups in total. The number of carbonyl (C=O) groups is 1. The standard InChI is InChI=1S/C21H16ClN3O2S2/c1-13-10-17-19(29-13)24-21(25(20(17)27)16-8-3-2-4-9-16)28-12-18(26)23-15-7-5-6-14(22)11-15/h2-11H,12H2,1H3,(H,23,26). The predicted molar refractivity (Wildman–Crippen MR) is 121 cm³/mol. The van der Waals surface area contributed by atoms with Crippen LogP contribution in [-0.2, 0) is 4.79 Å². The van der Waals surface area contributed by atoms with Crippen molar-refractivity contribution in [2.24, 2.45) is 0 Å². The minimum Gasteiger partial charge on any atom is -0.325 e. The predicted octanol–water partition coefficient (Wildman–Crippen LogP) is 5.14. The molecule has 8 heteroatoms. The molecule has 0 aliphatic carbocycles. The molecule has 0 saturated carbocycles. The number of fused-ring (bicyclic) bond motifs is 1. The molecule has 0 atom stereocenters. The molecule has 0 radical (unpaired) electrons. The molecule has 0 bridgehead atoms. The molecule has 29 heavy (non-hydrogen) atoms.